The van der Waals surface area contributed by atoms with E-state index in [9.17, 15) is 9.90 Å². The molecule has 0 aliphatic carbocycles. The van der Waals surface area contributed by atoms with E-state index in [1.54, 1.807) is 32.4 Å². The van der Waals surface area contributed by atoms with Crippen LogP contribution in [0.2, 0.25) is 0 Å². The van der Waals surface area contributed by atoms with E-state index in [1.807, 2.05) is 16.8 Å². The molecule has 4 nitrogen and oxygen atoms in total. The monoisotopic (exact) mass is 242 g/mol. The summed E-state index contributed by atoms with van der Waals surface area (Å²) in [4.78, 5) is 13.1. The Hall–Kier alpha value is -0.910. The molecule has 0 radical (unpaired) electrons. The van der Waals surface area contributed by atoms with Crippen molar-refractivity contribution in [2.45, 2.75) is 19.1 Å². The first-order valence-electron chi connectivity index (χ1n) is 5.17. The molecule has 1 heterocycles. The molecule has 0 aromatic carbocycles. The third-order valence-corrected chi connectivity index (χ3v) is 3.06. The Labute approximate surface area is 99.9 Å². The lowest BCUT2D eigenvalue weighted by atomic mass is 10.2. The predicted octanol–water partition coefficient (Wildman–Crippen LogP) is 0.848. The van der Waals surface area contributed by atoms with Crippen molar-refractivity contribution in [3.63, 3.8) is 0 Å². The fourth-order valence-electron chi connectivity index (χ4n) is 1.35. The number of aliphatic hydroxyl groups excluding tert-OH is 1. The Morgan fingerprint density at radius 2 is 2.31 bits per heavy atom. The number of likely N-dealkylation sites (N-methyl/N-ethyl adjacent to an activating group) is 1. The lowest BCUT2D eigenvalue weighted by Crippen LogP contribution is -2.42. The van der Waals surface area contributed by atoms with Crippen LogP contribution in [-0.4, -0.2) is 42.6 Å². The van der Waals surface area contributed by atoms with Gasteiger partial charge in [0.25, 0.3) is 0 Å². The Morgan fingerprint density at radius 1 is 1.62 bits per heavy atom. The molecule has 0 fully saturated rings. The molecule has 0 saturated heterocycles. The number of amides is 1. The van der Waals surface area contributed by atoms with Gasteiger partial charge in [0.2, 0.25) is 5.91 Å². The smallest absolute Gasteiger partial charge is 0.238 e. The Balaban J connectivity index is 2.37. The maximum Gasteiger partial charge on any atom is 0.238 e. The van der Waals surface area contributed by atoms with Crippen LogP contribution >= 0.6 is 11.3 Å². The van der Waals surface area contributed by atoms with E-state index in [1.165, 1.54) is 4.90 Å². The molecule has 1 amide bonds. The fourth-order valence-corrected chi connectivity index (χ4v) is 2.05. The molecule has 0 saturated carbocycles. The van der Waals surface area contributed by atoms with E-state index < -0.39 is 6.10 Å². The standard InChI is InChI=1S/C11H18N2O2S/c1-8(11(15)13(2)3)12-6-10(14)9-4-5-16-7-9/h4-5,7-8,10,12,14H,6H2,1-3H3. The number of hydrogen-bond acceptors (Lipinski definition) is 4. The quantitative estimate of drug-likeness (QED) is 0.805. The number of carbonyl (C=O) groups excluding carboxylic acids is 1. The van der Waals surface area contributed by atoms with Crippen molar-refractivity contribution < 1.29 is 9.90 Å². The van der Waals surface area contributed by atoms with E-state index in [0.29, 0.717) is 6.54 Å². The molecule has 16 heavy (non-hydrogen) atoms. The molecule has 0 aliphatic rings. The molecular weight excluding hydrogens is 224 g/mol. The molecule has 0 aliphatic heterocycles. The lowest BCUT2D eigenvalue weighted by Gasteiger charge is -2.19. The number of nitrogens with one attached hydrogen (secondary N) is 1. The summed E-state index contributed by atoms with van der Waals surface area (Å²) in [7, 11) is 3.44. The summed E-state index contributed by atoms with van der Waals surface area (Å²) in [6, 6.07) is 1.61. The maximum absolute atomic E-state index is 11.5. The zero-order valence-corrected chi connectivity index (χ0v) is 10.6. The second kappa shape index (κ2) is 5.98. The number of thiophene rings is 1. The topological polar surface area (TPSA) is 52.6 Å². The minimum Gasteiger partial charge on any atom is -0.387 e. The van der Waals surface area contributed by atoms with E-state index >= 15 is 0 Å². The number of nitrogens with zero attached hydrogens (tertiary/aromatic N) is 1. The zero-order chi connectivity index (χ0) is 12.1. The molecule has 1 rings (SSSR count). The Morgan fingerprint density at radius 3 is 2.81 bits per heavy atom. The summed E-state index contributed by atoms with van der Waals surface area (Å²) in [5, 5.41) is 16.6. The van der Waals surface area contributed by atoms with Gasteiger partial charge < -0.3 is 15.3 Å². The van der Waals surface area contributed by atoms with Gasteiger partial charge in [-0.1, -0.05) is 0 Å². The van der Waals surface area contributed by atoms with Crippen LogP contribution < -0.4 is 5.32 Å². The number of hydrogen-bond donors (Lipinski definition) is 2. The highest BCUT2D eigenvalue weighted by Gasteiger charge is 2.16. The van der Waals surface area contributed by atoms with Gasteiger partial charge in [0.05, 0.1) is 12.1 Å². The van der Waals surface area contributed by atoms with Gasteiger partial charge in [-0.15, -0.1) is 0 Å². The van der Waals surface area contributed by atoms with Crippen molar-refractivity contribution in [1.29, 1.82) is 0 Å². The highest BCUT2D eigenvalue weighted by molar-refractivity contribution is 7.07. The van der Waals surface area contributed by atoms with E-state index in [0.717, 1.165) is 5.56 Å². The Kier molecular flexibility index (Phi) is 4.92. The molecule has 0 spiro atoms. The molecule has 2 N–H and O–H groups in total. The van der Waals surface area contributed by atoms with E-state index in [2.05, 4.69) is 5.32 Å². The van der Waals surface area contributed by atoms with Gasteiger partial charge in [0, 0.05) is 20.6 Å². The van der Waals surface area contributed by atoms with Crippen LogP contribution in [0.1, 0.15) is 18.6 Å². The summed E-state index contributed by atoms with van der Waals surface area (Å²) in [6.45, 7) is 2.18. The van der Waals surface area contributed by atoms with Crippen LogP contribution in [0.4, 0.5) is 0 Å². The van der Waals surface area contributed by atoms with Crippen molar-refractivity contribution in [3.8, 4) is 0 Å². The first kappa shape index (κ1) is 13.2. The average molecular weight is 242 g/mol. The molecule has 5 heteroatoms. The predicted molar refractivity (Wildman–Crippen MR) is 65.4 cm³/mol. The number of aliphatic hydroxyl groups is 1. The first-order chi connectivity index (χ1) is 7.52. The lowest BCUT2D eigenvalue weighted by molar-refractivity contribution is -0.130. The molecule has 90 valence electrons. The minimum atomic E-state index is -0.552. The first-order valence-corrected chi connectivity index (χ1v) is 6.11. The molecule has 1 aromatic heterocycles. The third-order valence-electron chi connectivity index (χ3n) is 2.36. The highest BCUT2D eigenvalue weighted by atomic mass is 32.1. The van der Waals surface area contributed by atoms with Gasteiger partial charge in [-0.3, -0.25) is 4.79 Å². The van der Waals surface area contributed by atoms with Gasteiger partial charge in [-0.25, -0.2) is 0 Å². The average Bonchev–Trinajstić information content (AvgIpc) is 2.77. The van der Waals surface area contributed by atoms with Crippen molar-refractivity contribution >= 4 is 17.2 Å². The molecule has 2 atom stereocenters. The number of rotatable bonds is 5. The molecular formula is C11H18N2O2S. The highest BCUT2D eigenvalue weighted by Crippen LogP contribution is 2.15. The van der Waals surface area contributed by atoms with E-state index in [-0.39, 0.29) is 11.9 Å². The van der Waals surface area contributed by atoms with Crippen molar-refractivity contribution in [2.75, 3.05) is 20.6 Å². The van der Waals surface area contributed by atoms with E-state index in [4.69, 9.17) is 0 Å². The second-order valence-corrected chi connectivity index (χ2v) is 4.72. The normalized spacial score (nSPS) is 14.5. The zero-order valence-electron chi connectivity index (χ0n) is 9.80. The second-order valence-electron chi connectivity index (χ2n) is 3.94. The summed E-state index contributed by atoms with van der Waals surface area (Å²) in [5.74, 6) is 0.0116. The molecule has 1 aromatic rings. The SMILES string of the molecule is CC(NCC(O)c1ccsc1)C(=O)N(C)C. The van der Waals surface area contributed by atoms with Gasteiger partial charge >= 0.3 is 0 Å². The van der Waals surface area contributed by atoms with Crippen molar-refractivity contribution in [1.82, 2.24) is 10.2 Å². The minimum absolute atomic E-state index is 0.0116. The van der Waals surface area contributed by atoms with Gasteiger partial charge in [0.15, 0.2) is 0 Å². The summed E-state index contributed by atoms with van der Waals surface area (Å²) >= 11 is 1.55. The van der Waals surface area contributed by atoms with Crippen LogP contribution in [0.5, 0.6) is 0 Å². The number of carbonyl (C=O) groups is 1. The van der Waals surface area contributed by atoms with Crippen LogP contribution in [0.25, 0.3) is 0 Å². The van der Waals surface area contributed by atoms with Crippen LogP contribution in [0, 0.1) is 0 Å². The summed E-state index contributed by atoms with van der Waals surface area (Å²) in [5.41, 5.74) is 0.891. The summed E-state index contributed by atoms with van der Waals surface area (Å²) < 4.78 is 0. The maximum atomic E-state index is 11.5. The van der Waals surface area contributed by atoms with Crippen molar-refractivity contribution in [2.24, 2.45) is 0 Å². The van der Waals surface area contributed by atoms with Gasteiger partial charge in [0.1, 0.15) is 0 Å². The molecule has 2 unspecified atom stereocenters. The van der Waals surface area contributed by atoms with Gasteiger partial charge in [-0.2, -0.15) is 11.3 Å². The molecule has 0 bridgehead atoms. The summed E-state index contributed by atoms with van der Waals surface area (Å²) in [6.07, 6.45) is -0.552. The third kappa shape index (κ3) is 3.59. The van der Waals surface area contributed by atoms with Gasteiger partial charge in [-0.05, 0) is 29.3 Å². The van der Waals surface area contributed by atoms with Crippen LogP contribution in [-0.2, 0) is 4.79 Å². The van der Waals surface area contributed by atoms with Crippen molar-refractivity contribution in [3.05, 3.63) is 22.4 Å². The fraction of sp³-hybridized carbons (Fsp3) is 0.545. The largest absolute Gasteiger partial charge is 0.387 e. The van der Waals surface area contributed by atoms with Crippen LogP contribution in [0.3, 0.4) is 0 Å². The Bertz CT molecular complexity index is 325. The van der Waals surface area contributed by atoms with Crippen LogP contribution in [0.15, 0.2) is 16.8 Å².